The molecular weight excluding hydrogens is 552 g/mol. The fourth-order valence-electron chi connectivity index (χ4n) is 4.12. The maximum atomic E-state index is 13.1. The molecule has 4 aromatic rings. The number of amides is 2. The zero-order chi connectivity index (χ0) is 31.3. The third kappa shape index (κ3) is 9.22. The Morgan fingerprint density at radius 1 is 0.545 bits per heavy atom. The molecule has 10 heteroatoms. The molecule has 0 bridgehead atoms. The molecule has 0 heterocycles. The predicted molar refractivity (Wildman–Crippen MR) is 176 cm³/mol. The van der Waals surface area contributed by atoms with Crippen molar-refractivity contribution in [2.75, 3.05) is 37.8 Å². The molecule has 0 aliphatic heterocycles. The number of benzene rings is 4. The molecule has 2 amide bonds. The lowest BCUT2D eigenvalue weighted by Gasteiger charge is -2.29. The van der Waals surface area contributed by atoms with Gasteiger partial charge in [-0.3, -0.25) is 19.4 Å². The molecule has 2 atom stereocenters. The van der Waals surface area contributed by atoms with Crippen LogP contribution in [0.25, 0.3) is 0 Å². The Kier molecular flexibility index (Phi) is 11.6. The molecule has 226 valence electrons. The third-order valence-corrected chi connectivity index (χ3v) is 7.27. The van der Waals surface area contributed by atoms with Gasteiger partial charge in [-0.2, -0.15) is 10.2 Å². The molecule has 0 radical (unpaired) electrons. The van der Waals surface area contributed by atoms with Crippen LogP contribution in [0.5, 0.6) is 0 Å². The maximum absolute atomic E-state index is 13.1. The number of carbonyl (C=O) groups excluding carboxylic acids is 2. The molecule has 10 nitrogen and oxygen atoms in total. The van der Waals surface area contributed by atoms with E-state index in [1.807, 2.05) is 135 Å². The van der Waals surface area contributed by atoms with Crippen LogP contribution in [0.2, 0.25) is 0 Å². The highest BCUT2D eigenvalue weighted by Gasteiger charge is 2.22. The van der Waals surface area contributed by atoms with E-state index in [1.54, 1.807) is 12.1 Å². The van der Waals surface area contributed by atoms with Gasteiger partial charge in [-0.05, 0) is 76.5 Å². The first-order valence-electron chi connectivity index (χ1n) is 14.5. The Labute approximate surface area is 258 Å². The van der Waals surface area contributed by atoms with Crippen LogP contribution in [0.15, 0.2) is 130 Å². The van der Waals surface area contributed by atoms with Crippen molar-refractivity contribution < 1.29 is 9.59 Å². The molecule has 0 aliphatic carbocycles. The van der Waals surface area contributed by atoms with Gasteiger partial charge in [-0.25, -0.2) is 0 Å². The summed E-state index contributed by atoms with van der Waals surface area (Å²) in [7, 11) is 3.77. The van der Waals surface area contributed by atoms with Gasteiger partial charge < -0.3 is 10.6 Å². The minimum absolute atomic E-state index is 0.162. The van der Waals surface area contributed by atoms with Crippen molar-refractivity contribution in [1.82, 2.24) is 9.80 Å². The van der Waals surface area contributed by atoms with E-state index in [4.69, 9.17) is 0 Å². The smallest absolute Gasteiger partial charge is 0.241 e. The first kappa shape index (κ1) is 31.9. The Balaban J connectivity index is 1.29. The first-order valence-corrected chi connectivity index (χ1v) is 14.5. The van der Waals surface area contributed by atoms with Crippen molar-refractivity contribution in [2.24, 2.45) is 20.5 Å². The Hall–Kier alpha value is -5.06. The van der Waals surface area contributed by atoms with Crippen LogP contribution < -0.4 is 10.6 Å². The van der Waals surface area contributed by atoms with Gasteiger partial charge in [-0.1, -0.05) is 60.7 Å². The highest BCUT2D eigenvalue weighted by Crippen LogP contribution is 2.28. The van der Waals surface area contributed by atoms with Crippen LogP contribution in [-0.2, 0) is 9.59 Å². The van der Waals surface area contributed by atoms with Crippen LogP contribution in [0.4, 0.5) is 34.1 Å². The summed E-state index contributed by atoms with van der Waals surface area (Å²) < 4.78 is 0. The van der Waals surface area contributed by atoms with E-state index in [9.17, 15) is 9.59 Å². The van der Waals surface area contributed by atoms with Gasteiger partial charge in [0.1, 0.15) is 11.4 Å². The molecule has 0 aliphatic rings. The van der Waals surface area contributed by atoms with E-state index in [0.717, 1.165) is 11.4 Å². The minimum atomic E-state index is -0.423. The Morgan fingerprint density at radius 2 is 0.886 bits per heavy atom. The number of nitrogens with one attached hydrogen (secondary N) is 2. The van der Waals surface area contributed by atoms with E-state index < -0.39 is 12.1 Å². The van der Waals surface area contributed by atoms with Crippen molar-refractivity contribution >= 4 is 45.9 Å². The first-order chi connectivity index (χ1) is 21.3. The number of likely N-dealkylation sites (N-methyl/N-ethyl adjacent to an activating group) is 2. The minimum Gasteiger partial charge on any atom is -0.323 e. The van der Waals surface area contributed by atoms with Crippen molar-refractivity contribution in [2.45, 2.75) is 25.9 Å². The van der Waals surface area contributed by atoms with Crippen molar-refractivity contribution in [3.63, 3.8) is 0 Å². The standard InChI is InChI=1S/C34H38N8O2/c1-25(33(43)35-29-19-11-13-21-31(29)39-37-27-15-7-5-8-16-27)41(3)23-24-42(4)26(2)34(44)36-30-20-12-14-22-32(30)40-38-28-17-9-6-10-18-28/h5-22,25-26H,23-24H2,1-4H3,(H,35,43)(H,36,44)/t25-,26-/m0/s1. The van der Waals surface area contributed by atoms with Gasteiger partial charge in [0.2, 0.25) is 11.8 Å². The lowest BCUT2D eigenvalue weighted by molar-refractivity contribution is -0.122. The van der Waals surface area contributed by atoms with Gasteiger partial charge in [0.05, 0.1) is 34.8 Å². The Bertz CT molecular complexity index is 1460. The molecule has 44 heavy (non-hydrogen) atoms. The summed E-state index contributed by atoms with van der Waals surface area (Å²) in [5, 5.41) is 23.2. The highest BCUT2D eigenvalue weighted by atomic mass is 16.2. The number of carbonyl (C=O) groups is 2. The quantitative estimate of drug-likeness (QED) is 0.155. The van der Waals surface area contributed by atoms with Crippen LogP contribution >= 0.6 is 0 Å². The summed E-state index contributed by atoms with van der Waals surface area (Å²) in [6.07, 6.45) is 0. The molecule has 0 saturated carbocycles. The molecule has 0 saturated heterocycles. The molecule has 4 aromatic carbocycles. The van der Waals surface area contributed by atoms with Crippen LogP contribution in [0.3, 0.4) is 0 Å². The van der Waals surface area contributed by atoms with Crippen LogP contribution in [0, 0.1) is 0 Å². The summed E-state index contributed by atoms with van der Waals surface area (Å²) in [5.41, 5.74) is 3.77. The van der Waals surface area contributed by atoms with Crippen molar-refractivity contribution in [3.05, 3.63) is 109 Å². The molecule has 0 spiro atoms. The molecular formula is C34H38N8O2. The van der Waals surface area contributed by atoms with Crippen LogP contribution in [-0.4, -0.2) is 60.9 Å². The number of rotatable bonds is 13. The lowest BCUT2D eigenvalue weighted by atomic mass is 10.2. The molecule has 4 rings (SSSR count). The second kappa shape index (κ2) is 16.0. The largest absolute Gasteiger partial charge is 0.323 e. The van der Waals surface area contributed by atoms with Gasteiger partial charge in [0.15, 0.2) is 0 Å². The predicted octanol–water partition coefficient (Wildman–Crippen LogP) is 7.74. The molecule has 0 fully saturated rings. The van der Waals surface area contributed by atoms with Crippen molar-refractivity contribution in [1.29, 1.82) is 0 Å². The number of anilines is 2. The number of nitrogens with zero attached hydrogens (tertiary/aromatic N) is 6. The SMILES string of the molecule is C[C@@H](C(=O)Nc1ccccc1N=Nc1ccccc1)N(C)CCN(C)[C@@H](C)C(=O)Nc1ccccc1N=Nc1ccccc1. The molecule has 0 aromatic heterocycles. The van der Waals surface area contributed by atoms with Crippen LogP contribution in [0.1, 0.15) is 13.8 Å². The van der Waals surface area contributed by atoms with Crippen molar-refractivity contribution in [3.8, 4) is 0 Å². The molecule has 0 unspecified atom stereocenters. The molecule has 2 N–H and O–H groups in total. The third-order valence-electron chi connectivity index (χ3n) is 7.27. The normalized spacial score (nSPS) is 13.0. The fraction of sp³-hybridized carbons (Fsp3) is 0.235. The van der Waals surface area contributed by atoms with E-state index in [2.05, 4.69) is 31.1 Å². The zero-order valence-electron chi connectivity index (χ0n) is 25.5. The average molecular weight is 591 g/mol. The lowest BCUT2D eigenvalue weighted by Crippen LogP contribution is -2.46. The van der Waals surface area contributed by atoms with E-state index in [0.29, 0.717) is 35.8 Å². The Morgan fingerprint density at radius 3 is 1.27 bits per heavy atom. The zero-order valence-corrected chi connectivity index (χ0v) is 25.5. The number of hydrogen-bond donors (Lipinski definition) is 2. The average Bonchev–Trinajstić information content (AvgIpc) is 3.06. The van der Waals surface area contributed by atoms with Gasteiger partial charge in [0, 0.05) is 13.1 Å². The second-order valence-corrected chi connectivity index (χ2v) is 10.4. The van der Waals surface area contributed by atoms with Gasteiger partial charge >= 0.3 is 0 Å². The second-order valence-electron chi connectivity index (χ2n) is 10.4. The summed E-state index contributed by atoms with van der Waals surface area (Å²) in [4.78, 5) is 30.1. The van der Waals surface area contributed by atoms with Gasteiger partial charge in [-0.15, -0.1) is 10.2 Å². The summed E-state index contributed by atoms with van der Waals surface area (Å²) in [5.74, 6) is -0.325. The summed E-state index contributed by atoms with van der Waals surface area (Å²) in [6, 6.07) is 32.6. The van der Waals surface area contributed by atoms with E-state index >= 15 is 0 Å². The van der Waals surface area contributed by atoms with E-state index in [-0.39, 0.29) is 11.8 Å². The maximum Gasteiger partial charge on any atom is 0.241 e. The fourth-order valence-corrected chi connectivity index (χ4v) is 4.12. The number of azo groups is 2. The van der Waals surface area contributed by atoms with Gasteiger partial charge in [0.25, 0.3) is 0 Å². The number of para-hydroxylation sites is 2. The topological polar surface area (TPSA) is 114 Å². The van der Waals surface area contributed by atoms with E-state index in [1.165, 1.54) is 0 Å². The summed E-state index contributed by atoms with van der Waals surface area (Å²) in [6.45, 7) is 4.83. The summed E-state index contributed by atoms with van der Waals surface area (Å²) >= 11 is 0. The monoisotopic (exact) mass is 590 g/mol. The highest BCUT2D eigenvalue weighted by molar-refractivity contribution is 5.97. The number of hydrogen-bond acceptors (Lipinski definition) is 8.